The van der Waals surface area contributed by atoms with Crippen LogP contribution in [0, 0.1) is 6.92 Å². The van der Waals surface area contributed by atoms with Crippen molar-refractivity contribution in [2.45, 2.75) is 44.6 Å². The average Bonchev–Trinajstić information content (AvgIpc) is 3.31. The molecule has 9 heteroatoms. The zero-order valence-electron chi connectivity index (χ0n) is 19.8. The minimum atomic E-state index is -0.180. The van der Waals surface area contributed by atoms with Gasteiger partial charge in [0, 0.05) is 18.0 Å². The summed E-state index contributed by atoms with van der Waals surface area (Å²) in [6.07, 6.45) is 5.27. The minimum Gasteiger partial charge on any atom is -0.269 e. The lowest BCUT2D eigenvalue weighted by Gasteiger charge is -2.19. The van der Waals surface area contributed by atoms with E-state index in [0.29, 0.717) is 21.9 Å². The number of nitrogens with zero attached hydrogens (tertiary/aromatic N) is 7. The van der Waals surface area contributed by atoms with E-state index in [1.807, 2.05) is 24.3 Å². The van der Waals surface area contributed by atoms with Crippen molar-refractivity contribution in [2.24, 2.45) is 0 Å². The largest absolute Gasteiger partial charge is 0.278 e. The van der Waals surface area contributed by atoms with Crippen molar-refractivity contribution < 1.29 is 0 Å². The van der Waals surface area contributed by atoms with Crippen LogP contribution >= 0.6 is 11.8 Å². The molecule has 0 N–H and O–H groups in total. The van der Waals surface area contributed by atoms with Crippen LogP contribution in [0.5, 0.6) is 0 Å². The van der Waals surface area contributed by atoms with Gasteiger partial charge in [-0.25, -0.2) is 0 Å². The van der Waals surface area contributed by atoms with E-state index in [0.717, 1.165) is 24.1 Å². The van der Waals surface area contributed by atoms with E-state index >= 15 is 0 Å². The third-order valence-corrected chi connectivity index (χ3v) is 6.79. The third kappa shape index (κ3) is 4.35. The fourth-order valence-corrected chi connectivity index (χ4v) is 5.05. The second-order valence-electron chi connectivity index (χ2n) is 8.21. The van der Waals surface area contributed by atoms with E-state index in [1.54, 1.807) is 24.5 Å². The highest BCUT2D eigenvalue weighted by atomic mass is 32.2. The van der Waals surface area contributed by atoms with Gasteiger partial charge >= 0.3 is 0 Å². The Morgan fingerprint density at radius 2 is 1.71 bits per heavy atom. The summed E-state index contributed by atoms with van der Waals surface area (Å²) in [4.78, 5) is 17.3. The van der Waals surface area contributed by atoms with Crippen molar-refractivity contribution in [1.82, 2.24) is 34.7 Å². The molecule has 176 valence electrons. The molecule has 8 nitrogen and oxygen atoms in total. The molecule has 0 aliphatic carbocycles. The molecule has 0 spiro atoms. The van der Waals surface area contributed by atoms with Crippen LogP contribution in [-0.4, -0.2) is 34.7 Å². The molecule has 0 aliphatic rings. The van der Waals surface area contributed by atoms with Crippen molar-refractivity contribution in [3.05, 3.63) is 88.0 Å². The number of rotatable bonds is 7. The Kier molecular flexibility index (Phi) is 6.41. The monoisotopic (exact) mass is 483 g/mol. The fourth-order valence-electron chi connectivity index (χ4n) is 4.23. The van der Waals surface area contributed by atoms with Gasteiger partial charge in [-0.2, -0.15) is 4.68 Å². The molecule has 0 fully saturated rings. The van der Waals surface area contributed by atoms with Gasteiger partial charge in [0.05, 0.1) is 17.0 Å². The first-order valence-electron chi connectivity index (χ1n) is 11.5. The topological polar surface area (TPSA) is 91.4 Å². The predicted molar refractivity (Wildman–Crippen MR) is 138 cm³/mol. The second-order valence-corrected chi connectivity index (χ2v) is 9.12. The molecule has 35 heavy (non-hydrogen) atoms. The molecule has 5 aromatic rings. The molecule has 0 unspecified atom stereocenters. The Morgan fingerprint density at radius 1 is 0.943 bits per heavy atom. The Bertz CT molecular complexity index is 1530. The van der Waals surface area contributed by atoms with Gasteiger partial charge < -0.3 is 0 Å². The van der Waals surface area contributed by atoms with E-state index in [9.17, 15) is 4.79 Å². The summed E-state index contributed by atoms with van der Waals surface area (Å²) in [6.45, 7) is 6.43. The lowest BCUT2D eigenvalue weighted by molar-refractivity contribution is 0.643. The molecule has 5 rings (SSSR count). The standard InChI is InChI=1S/C26H25N7OS/c1-4-18-13-17(3)14-19(5-2)23(18)33-24(20-9-8-12-27-15-20)29-30-26(33)35-16-32-25(34)21-10-6-7-11-22(21)28-31-32/h6-15H,4-5,16H2,1-3H3. The zero-order chi connectivity index (χ0) is 24.4. The normalized spacial score (nSPS) is 11.3. The zero-order valence-corrected chi connectivity index (χ0v) is 20.7. The van der Waals surface area contributed by atoms with Gasteiger partial charge in [-0.1, -0.05) is 60.7 Å². The molecule has 0 radical (unpaired) electrons. The summed E-state index contributed by atoms with van der Waals surface area (Å²) in [6, 6.07) is 15.5. The second kappa shape index (κ2) is 9.79. The number of hydrogen-bond donors (Lipinski definition) is 0. The van der Waals surface area contributed by atoms with Crippen molar-refractivity contribution in [2.75, 3.05) is 0 Å². The summed E-state index contributed by atoms with van der Waals surface area (Å²) in [7, 11) is 0. The minimum absolute atomic E-state index is 0.180. The number of thioether (sulfide) groups is 1. The van der Waals surface area contributed by atoms with E-state index in [1.165, 1.54) is 33.1 Å². The Hall–Kier alpha value is -3.85. The molecule has 3 heterocycles. The van der Waals surface area contributed by atoms with Gasteiger partial charge in [-0.3, -0.25) is 14.3 Å². The highest BCUT2D eigenvalue weighted by molar-refractivity contribution is 7.98. The molecule has 0 saturated heterocycles. The number of aromatic nitrogens is 7. The molecule has 0 bridgehead atoms. The highest BCUT2D eigenvalue weighted by Crippen LogP contribution is 2.33. The van der Waals surface area contributed by atoms with Crippen LogP contribution in [0.1, 0.15) is 30.5 Å². The molecule has 0 saturated carbocycles. The van der Waals surface area contributed by atoms with Gasteiger partial charge in [-0.15, -0.1) is 15.3 Å². The molecule has 3 aromatic heterocycles. The summed E-state index contributed by atoms with van der Waals surface area (Å²) < 4.78 is 3.46. The first kappa shape index (κ1) is 22.9. The summed E-state index contributed by atoms with van der Waals surface area (Å²) >= 11 is 1.41. The third-order valence-electron chi connectivity index (χ3n) is 5.90. The van der Waals surface area contributed by atoms with Crippen LogP contribution in [0.3, 0.4) is 0 Å². The summed E-state index contributed by atoms with van der Waals surface area (Å²) in [5, 5.41) is 18.6. The van der Waals surface area contributed by atoms with Crippen LogP contribution in [0.15, 0.2) is 70.9 Å². The van der Waals surface area contributed by atoms with Gasteiger partial charge in [0.15, 0.2) is 11.0 Å². The summed E-state index contributed by atoms with van der Waals surface area (Å²) in [5.74, 6) is 0.974. The number of aryl methyl sites for hydroxylation is 3. The number of pyridine rings is 1. The fraction of sp³-hybridized carbons (Fsp3) is 0.231. The van der Waals surface area contributed by atoms with E-state index in [2.05, 4.69) is 63.0 Å². The number of fused-ring (bicyclic) bond motifs is 1. The molecule has 0 aliphatic heterocycles. The van der Waals surface area contributed by atoms with Crippen LogP contribution in [0.25, 0.3) is 28.0 Å². The van der Waals surface area contributed by atoms with Crippen LogP contribution in [0.4, 0.5) is 0 Å². The molecular weight excluding hydrogens is 458 g/mol. The van der Waals surface area contributed by atoms with Gasteiger partial charge in [-0.05, 0) is 55.2 Å². The van der Waals surface area contributed by atoms with Crippen LogP contribution in [0.2, 0.25) is 0 Å². The lowest BCUT2D eigenvalue weighted by atomic mass is 9.99. The van der Waals surface area contributed by atoms with Crippen molar-refractivity contribution >= 4 is 22.7 Å². The maximum atomic E-state index is 13.0. The summed E-state index contributed by atoms with van der Waals surface area (Å²) in [5.41, 5.74) is 6.03. The SMILES string of the molecule is CCc1cc(C)cc(CC)c1-n1c(SCn2nnc3ccccc3c2=O)nnc1-c1cccnc1. The number of benzene rings is 2. The molecular formula is C26H25N7OS. The van der Waals surface area contributed by atoms with Crippen LogP contribution in [-0.2, 0) is 18.7 Å². The Morgan fingerprint density at radius 3 is 2.43 bits per heavy atom. The first-order valence-corrected chi connectivity index (χ1v) is 12.5. The quantitative estimate of drug-likeness (QED) is 0.312. The van der Waals surface area contributed by atoms with Crippen molar-refractivity contribution in [3.8, 4) is 17.1 Å². The van der Waals surface area contributed by atoms with Gasteiger partial charge in [0.2, 0.25) is 0 Å². The smallest absolute Gasteiger partial charge is 0.269 e. The molecule has 0 amide bonds. The van der Waals surface area contributed by atoms with E-state index in [4.69, 9.17) is 0 Å². The van der Waals surface area contributed by atoms with Gasteiger partial charge in [0.25, 0.3) is 5.56 Å². The highest BCUT2D eigenvalue weighted by Gasteiger charge is 2.21. The van der Waals surface area contributed by atoms with Crippen molar-refractivity contribution in [3.63, 3.8) is 0 Å². The lowest BCUT2D eigenvalue weighted by Crippen LogP contribution is -2.23. The maximum absolute atomic E-state index is 13.0. The van der Waals surface area contributed by atoms with Gasteiger partial charge in [0.1, 0.15) is 5.52 Å². The van der Waals surface area contributed by atoms with E-state index < -0.39 is 0 Å². The predicted octanol–water partition coefficient (Wildman–Crippen LogP) is 4.62. The Labute approximate surface area is 207 Å². The first-order chi connectivity index (χ1) is 17.1. The number of hydrogen-bond acceptors (Lipinski definition) is 7. The average molecular weight is 484 g/mol. The molecule has 2 aromatic carbocycles. The Balaban J connectivity index is 1.63. The molecule has 0 atom stereocenters. The maximum Gasteiger partial charge on any atom is 0.278 e. The van der Waals surface area contributed by atoms with Crippen molar-refractivity contribution in [1.29, 1.82) is 0 Å². The van der Waals surface area contributed by atoms with E-state index in [-0.39, 0.29) is 11.4 Å². The van der Waals surface area contributed by atoms with Crippen LogP contribution < -0.4 is 5.56 Å².